The molecule has 0 aromatic heterocycles. The normalized spacial score (nSPS) is 14.6. The molecular weight excluding hydrogens is 564 g/mol. The molecule has 0 saturated heterocycles. The molecule has 0 fully saturated rings. The van der Waals surface area contributed by atoms with Crippen molar-refractivity contribution >= 4 is 36.7 Å². The minimum Gasteiger partial charge on any atom is -0.418 e. The molecule has 0 aliphatic carbocycles. The lowest BCUT2D eigenvalue weighted by Crippen LogP contribution is -2.55. The Kier molecular flexibility index (Phi) is 8.34. The summed E-state index contributed by atoms with van der Waals surface area (Å²) in [5.41, 5.74) is 13.8. The average Bonchev–Trinajstić information content (AvgIpc) is 3.18. The van der Waals surface area contributed by atoms with E-state index in [1.807, 2.05) is 0 Å². The van der Waals surface area contributed by atoms with Gasteiger partial charge in [-0.25, -0.2) is 0 Å². The lowest BCUT2D eigenvalue weighted by molar-refractivity contribution is -0.427. The van der Waals surface area contributed by atoms with E-state index in [9.17, 15) is 17.3 Å². The van der Waals surface area contributed by atoms with E-state index in [-0.39, 0.29) is 6.04 Å². The van der Waals surface area contributed by atoms with E-state index in [1.165, 1.54) is 54.9 Å². The molecule has 0 bridgehead atoms. The van der Waals surface area contributed by atoms with Crippen molar-refractivity contribution in [2.45, 2.75) is 24.0 Å². The second-order valence-corrected chi connectivity index (χ2v) is 13.3. The van der Waals surface area contributed by atoms with E-state index >= 15 is 0 Å². The highest BCUT2D eigenvalue weighted by Gasteiger charge is 2.35. The molecule has 43 heavy (non-hydrogen) atoms. The van der Waals surface area contributed by atoms with Gasteiger partial charge in [0.05, 0.1) is 5.66 Å². The van der Waals surface area contributed by atoms with Gasteiger partial charge in [0, 0.05) is 5.56 Å². The molecule has 6 aromatic carbocycles. The summed E-state index contributed by atoms with van der Waals surface area (Å²) in [6.45, 7) is 0. The van der Waals surface area contributed by atoms with Gasteiger partial charge in [0.25, 0.3) is 0 Å². The first-order valence-corrected chi connectivity index (χ1v) is 16.1. The van der Waals surface area contributed by atoms with E-state index in [1.54, 1.807) is 0 Å². The van der Waals surface area contributed by atoms with Gasteiger partial charge in [-0.3, -0.25) is 0 Å². The summed E-state index contributed by atoms with van der Waals surface area (Å²) in [6.07, 6.45) is 2.19. The number of hydrogen-bond donors (Lipinski definition) is 1. The summed E-state index contributed by atoms with van der Waals surface area (Å²) in [6, 6.07) is 49.6. The summed E-state index contributed by atoms with van der Waals surface area (Å²) in [5, 5.41) is 5.36. The van der Waals surface area contributed by atoms with Crippen LogP contribution in [0.2, 0.25) is 0 Å². The van der Waals surface area contributed by atoms with E-state index in [0.29, 0.717) is 5.66 Å². The van der Waals surface area contributed by atoms with Gasteiger partial charge in [0.1, 0.15) is 6.04 Å². The highest BCUT2D eigenvalue weighted by molar-refractivity contribution is 7.56. The summed E-state index contributed by atoms with van der Waals surface area (Å²) in [7, 11) is -6.45. The van der Waals surface area contributed by atoms with Gasteiger partial charge in [-0.2, -0.15) is 0 Å². The minimum atomic E-state index is -6.00. The predicted octanol–water partition coefficient (Wildman–Crippen LogP) is 10.2. The fourth-order valence-electron chi connectivity index (χ4n) is 6.41. The summed E-state index contributed by atoms with van der Waals surface area (Å²) < 4.78 is 39.0. The maximum Gasteiger partial charge on any atom is 0.673 e. The Morgan fingerprint density at radius 3 is 1.37 bits per heavy atom. The molecular formula is C36H31BF4NP. The largest absolute Gasteiger partial charge is 0.673 e. The molecule has 7 heteroatoms. The summed E-state index contributed by atoms with van der Waals surface area (Å²) >= 11 is 0. The van der Waals surface area contributed by atoms with Crippen LogP contribution in [0.5, 0.6) is 0 Å². The summed E-state index contributed by atoms with van der Waals surface area (Å²) in [4.78, 5) is 0. The zero-order valence-corrected chi connectivity index (χ0v) is 24.4. The molecule has 216 valence electrons. The molecule has 0 saturated carbocycles. The third-order valence-corrected chi connectivity index (χ3v) is 11.1. The highest BCUT2D eigenvalue weighted by Crippen LogP contribution is 2.63. The minimum absolute atomic E-state index is 0.190. The van der Waals surface area contributed by atoms with Crippen molar-refractivity contribution in [3.05, 3.63) is 156 Å². The van der Waals surface area contributed by atoms with Gasteiger partial charge in [-0.1, -0.05) is 141 Å². The van der Waals surface area contributed by atoms with Crippen LogP contribution in [-0.4, -0.2) is 7.25 Å². The molecule has 2 atom stereocenters. The monoisotopic (exact) mass is 595 g/mol. The maximum absolute atomic E-state index is 9.75. The van der Waals surface area contributed by atoms with Crippen LogP contribution in [0.15, 0.2) is 133 Å². The first-order chi connectivity index (χ1) is 20.8. The molecule has 1 nitrogen and oxygen atoms in total. The van der Waals surface area contributed by atoms with Gasteiger partial charge < -0.3 is 23.0 Å². The number of hydrogen-bond acceptors (Lipinski definition) is 0. The van der Waals surface area contributed by atoms with E-state index in [0.717, 1.165) is 12.3 Å². The first-order valence-electron chi connectivity index (χ1n) is 14.3. The molecule has 0 radical (unpaired) electrons. The van der Waals surface area contributed by atoms with Crippen molar-refractivity contribution in [1.29, 1.82) is 0 Å². The quantitative estimate of drug-likeness (QED) is 0.119. The molecule has 1 heterocycles. The number of halogens is 4. The van der Waals surface area contributed by atoms with Gasteiger partial charge >= 0.3 is 7.25 Å². The number of quaternary nitrogens is 1. The third kappa shape index (κ3) is 6.37. The van der Waals surface area contributed by atoms with Crippen LogP contribution in [0.4, 0.5) is 17.3 Å². The predicted molar refractivity (Wildman–Crippen MR) is 173 cm³/mol. The van der Waals surface area contributed by atoms with Gasteiger partial charge in [0.2, 0.25) is 0 Å². The van der Waals surface area contributed by atoms with E-state index in [4.69, 9.17) is 5.73 Å². The second-order valence-electron chi connectivity index (χ2n) is 10.9. The zero-order chi connectivity index (χ0) is 30.0. The molecule has 1 aliphatic rings. The standard InChI is InChI=1S/C36H30NP.BF4/c37-35(27-13-3-1-4-14-27)36(28-15-5-2-6-16-28)38-23-29-21-19-25-11-7-9-17-31(25)33(29)34-30(24-38)22-20-26-12-8-10-18-32(26)34;2-1(3,4)5/h1-22,35-36H,23-24,37H2;/q;-1/p+1/t35-,36-;/m0./s1. The lowest BCUT2D eigenvalue weighted by atomic mass is 9.88. The van der Waals surface area contributed by atoms with Crippen molar-refractivity contribution in [2.75, 3.05) is 0 Å². The first kappa shape index (κ1) is 29.1. The van der Waals surface area contributed by atoms with Crippen molar-refractivity contribution in [1.82, 2.24) is 0 Å². The Morgan fingerprint density at radius 2 is 0.907 bits per heavy atom. The zero-order valence-electron chi connectivity index (χ0n) is 23.5. The van der Waals surface area contributed by atoms with Crippen molar-refractivity contribution in [2.24, 2.45) is 0 Å². The van der Waals surface area contributed by atoms with Crippen LogP contribution in [0.1, 0.15) is 34.0 Å². The topological polar surface area (TPSA) is 27.6 Å². The fraction of sp³-hybridized carbons (Fsp3) is 0.111. The van der Waals surface area contributed by atoms with Crippen LogP contribution in [-0.2, 0) is 12.3 Å². The smallest absolute Gasteiger partial charge is 0.418 e. The molecule has 7 rings (SSSR count). The summed E-state index contributed by atoms with van der Waals surface area (Å²) in [5.74, 6) is 0. The van der Waals surface area contributed by atoms with Crippen molar-refractivity contribution < 1.29 is 23.0 Å². The van der Waals surface area contributed by atoms with E-state index in [2.05, 4.69) is 133 Å². The van der Waals surface area contributed by atoms with Crippen LogP contribution in [0, 0.1) is 0 Å². The second kappa shape index (κ2) is 12.3. The Labute approximate surface area is 250 Å². The number of benzene rings is 6. The van der Waals surface area contributed by atoms with Crippen molar-refractivity contribution in [3.63, 3.8) is 0 Å². The van der Waals surface area contributed by atoms with E-state index < -0.39 is 15.2 Å². The Bertz CT molecular complexity index is 1770. The van der Waals surface area contributed by atoms with Gasteiger partial charge in [-0.15, -0.1) is 0 Å². The molecule has 1 aliphatic heterocycles. The van der Waals surface area contributed by atoms with Crippen LogP contribution in [0.25, 0.3) is 32.7 Å². The number of fused-ring (bicyclic) bond motifs is 7. The SMILES string of the molecule is F[B-](F)(F)F.[NH3+][C@@H](c1ccccc1)[C@H](c1ccccc1)P1Cc2ccc3ccccc3c2-c2c(ccc3ccccc23)C1. The Morgan fingerprint density at radius 1 is 0.512 bits per heavy atom. The van der Waals surface area contributed by atoms with Crippen molar-refractivity contribution in [3.8, 4) is 11.1 Å². The molecule has 0 unspecified atom stereocenters. The van der Waals surface area contributed by atoms with Crippen LogP contribution >= 0.6 is 7.92 Å². The van der Waals surface area contributed by atoms with Gasteiger partial charge in [0.15, 0.2) is 0 Å². The number of rotatable bonds is 4. The average molecular weight is 595 g/mol. The Hall–Kier alpha value is -3.99. The molecule has 0 amide bonds. The maximum atomic E-state index is 9.75. The Balaban J connectivity index is 0.000000611. The fourth-order valence-corrected chi connectivity index (χ4v) is 9.59. The lowest BCUT2D eigenvalue weighted by Gasteiger charge is -2.31. The highest BCUT2D eigenvalue weighted by atomic mass is 31.1. The third-order valence-electron chi connectivity index (χ3n) is 8.17. The van der Waals surface area contributed by atoms with Gasteiger partial charge in [-0.05, 0) is 61.7 Å². The van der Waals surface area contributed by atoms with Crippen LogP contribution < -0.4 is 5.73 Å². The molecule has 3 N–H and O–H groups in total. The van der Waals surface area contributed by atoms with Crippen LogP contribution in [0.3, 0.4) is 0 Å². The molecule has 0 spiro atoms. The molecule has 6 aromatic rings.